The van der Waals surface area contributed by atoms with E-state index >= 15 is 0 Å². The zero-order valence-corrected chi connectivity index (χ0v) is 13.7. The lowest BCUT2D eigenvalue weighted by Gasteiger charge is -2.36. The Labute approximate surface area is 141 Å². The van der Waals surface area contributed by atoms with Crippen LogP contribution < -0.4 is 4.90 Å². The third kappa shape index (κ3) is 3.23. The fourth-order valence-corrected chi connectivity index (χ4v) is 2.95. The van der Waals surface area contributed by atoms with Crippen molar-refractivity contribution < 1.29 is 4.79 Å². The Kier molecular flexibility index (Phi) is 4.75. The molecule has 1 unspecified atom stereocenters. The van der Waals surface area contributed by atoms with Gasteiger partial charge in [-0.05, 0) is 24.6 Å². The summed E-state index contributed by atoms with van der Waals surface area (Å²) in [4.78, 5) is 21.1. The van der Waals surface area contributed by atoms with Crippen molar-refractivity contribution in [3.05, 3.63) is 42.4 Å². The van der Waals surface area contributed by atoms with E-state index in [-0.39, 0.29) is 11.9 Å². The highest BCUT2D eigenvalue weighted by atomic mass is 16.2. The van der Waals surface area contributed by atoms with Crippen molar-refractivity contribution in [1.82, 2.24) is 19.7 Å². The SMILES string of the molecule is CCC(C(=O)N1CCN(c2ccc(C#N)cn2)CC1)n1cccn1. The van der Waals surface area contributed by atoms with Crippen LogP contribution in [-0.4, -0.2) is 51.8 Å². The van der Waals surface area contributed by atoms with Gasteiger partial charge in [0.15, 0.2) is 0 Å². The van der Waals surface area contributed by atoms with E-state index in [9.17, 15) is 4.79 Å². The van der Waals surface area contributed by atoms with Gasteiger partial charge in [0.05, 0.1) is 5.56 Å². The molecular weight excluding hydrogens is 304 g/mol. The highest BCUT2D eigenvalue weighted by Gasteiger charge is 2.28. The first-order valence-electron chi connectivity index (χ1n) is 8.12. The van der Waals surface area contributed by atoms with Gasteiger partial charge in [-0.2, -0.15) is 10.4 Å². The van der Waals surface area contributed by atoms with Crippen LogP contribution in [0.15, 0.2) is 36.8 Å². The molecule has 124 valence electrons. The lowest BCUT2D eigenvalue weighted by Crippen LogP contribution is -2.50. The molecule has 0 radical (unpaired) electrons. The fraction of sp³-hybridized carbons (Fsp3) is 0.412. The number of carbonyl (C=O) groups excluding carboxylic acids is 1. The number of hydrogen-bond donors (Lipinski definition) is 0. The quantitative estimate of drug-likeness (QED) is 0.850. The molecule has 0 saturated carbocycles. The molecule has 1 aliphatic rings. The summed E-state index contributed by atoms with van der Waals surface area (Å²) < 4.78 is 1.73. The standard InChI is InChI=1S/C17H20N6O/c1-2-15(23-7-3-6-20-23)17(24)22-10-8-21(9-11-22)16-5-4-14(12-18)13-19-16/h3-7,13,15H,2,8-11H2,1H3. The van der Waals surface area contributed by atoms with E-state index in [0.29, 0.717) is 18.7 Å². The average Bonchev–Trinajstić information content (AvgIpc) is 3.17. The highest BCUT2D eigenvalue weighted by Crippen LogP contribution is 2.18. The third-order valence-corrected chi connectivity index (χ3v) is 4.31. The molecule has 0 N–H and O–H groups in total. The van der Waals surface area contributed by atoms with Gasteiger partial charge in [-0.1, -0.05) is 6.92 Å². The van der Waals surface area contributed by atoms with Crippen molar-refractivity contribution in [3.63, 3.8) is 0 Å². The Morgan fingerprint density at radius 3 is 2.67 bits per heavy atom. The minimum absolute atomic E-state index is 0.119. The first kappa shape index (κ1) is 16.0. The van der Waals surface area contributed by atoms with E-state index in [1.54, 1.807) is 23.1 Å². The van der Waals surface area contributed by atoms with Gasteiger partial charge in [-0.25, -0.2) is 4.98 Å². The van der Waals surface area contributed by atoms with Gasteiger partial charge < -0.3 is 9.80 Å². The number of nitriles is 1. The number of piperazine rings is 1. The van der Waals surface area contributed by atoms with Crippen molar-refractivity contribution in [2.75, 3.05) is 31.1 Å². The molecule has 0 aliphatic carbocycles. The summed E-state index contributed by atoms with van der Waals surface area (Å²) >= 11 is 0. The molecule has 2 aromatic heterocycles. The molecule has 1 amide bonds. The molecule has 24 heavy (non-hydrogen) atoms. The summed E-state index contributed by atoms with van der Waals surface area (Å²) in [6, 6.07) is 7.29. The highest BCUT2D eigenvalue weighted by molar-refractivity contribution is 5.80. The van der Waals surface area contributed by atoms with Gasteiger partial charge in [0.25, 0.3) is 0 Å². The van der Waals surface area contributed by atoms with Gasteiger partial charge in [0.1, 0.15) is 17.9 Å². The molecule has 1 aliphatic heterocycles. The molecule has 3 heterocycles. The molecular formula is C17H20N6O. The summed E-state index contributed by atoms with van der Waals surface area (Å²) in [5.41, 5.74) is 0.553. The molecule has 0 spiro atoms. The third-order valence-electron chi connectivity index (χ3n) is 4.31. The first-order chi connectivity index (χ1) is 11.7. The lowest BCUT2D eigenvalue weighted by molar-refractivity contribution is -0.135. The Morgan fingerprint density at radius 2 is 2.12 bits per heavy atom. The lowest BCUT2D eigenvalue weighted by atomic mass is 10.1. The van der Waals surface area contributed by atoms with E-state index < -0.39 is 0 Å². The molecule has 1 saturated heterocycles. The largest absolute Gasteiger partial charge is 0.353 e. The second-order valence-corrected chi connectivity index (χ2v) is 5.74. The van der Waals surface area contributed by atoms with Crippen LogP contribution in [-0.2, 0) is 4.79 Å². The zero-order valence-electron chi connectivity index (χ0n) is 13.7. The topological polar surface area (TPSA) is 78.0 Å². The van der Waals surface area contributed by atoms with Crippen molar-refractivity contribution in [1.29, 1.82) is 5.26 Å². The van der Waals surface area contributed by atoms with Gasteiger partial charge in [-0.3, -0.25) is 9.48 Å². The van der Waals surface area contributed by atoms with Crippen LogP contribution in [0.1, 0.15) is 24.9 Å². The maximum atomic E-state index is 12.7. The van der Waals surface area contributed by atoms with Gasteiger partial charge in [-0.15, -0.1) is 0 Å². The Hall–Kier alpha value is -2.88. The normalized spacial score (nSPS) is 15.8. The zero-order chi connectivity index (χ0) is 16.9. The molecule has 7 nitrogen and oxygen atoms in total. The summed E-state index contributed by atoms with van der Waals surface area (Å²) in [7, 11) is 0. The number of carbonyl (C=O) groups is 1. The van der Waals surface area contributed by atoms with Crippen LogP contribution in [0.5, 0.6) is 0 Å². The summed E-state index contributed by atoms with van der Waals surface area (Å²) in [5, 5.41) is 13.0. The van der Waals surface area contributed by atoms with Crippen molar-refractivity contribution in [2.24, 2.45) is 0 Å². The second-order valence-electron chi connectivity index (χ2n) is 5.74. The smallest absolute Gasteiger partial charge is 0.247 e. The van der Waals surface area contributed by atoms with Crippen molar-refractivity contribution in [3.8, 4) is 6.07 Å². The van der Waals surface area contributed by atoms with Crippen LogP contribution in [0, 0.1) is 11.3 Å². The Bertz CT molecular complexity index is 711. The first-order valence-corrected chi connectivity index (χ1v) is 8.12. The number of rotatable bonds is 4. The predicted octanol–water partition coefficient (Wildman–Crippen LogP) is 1.45. The van der Waals surface area contributed by atoms with E-state index in [1.807, 2.05) is 30.2 Å². The molecule has 1 fully saturated rings. The molecule has 0 bridgehead atoms. The second kappa shape index (κ2) is 7.13. The molecule has 7 heteroatoms. The Morgan fingerprint density at radius 1 is 1.33 bits per heavy atom. The van der Waals surface area contributed by atoms with E-state index in [2.05, 4.69) is 21.1 Å². The number of anilines is 1. The van der Waals surface area contributed by atoms with Crippen LogP contribution in [0.4, 0.5) is 5.82 Å². The predicted molar refractivity (Wildman–Crippen MR) is 89.3 cm³/mol. The van der Waals surface area contributed by atoms with Crippen LogP contribution in [0.25, 0.3) is 0 Å². The maximum absolute atomic E-state index is 12.7. The molecule has 0 aromatic carbocycles. The minimum Gasteiger partial charge on any atom is -0.353 e. The molecule has 1 atom stereocenters. The molecule has 3 rings (SSSR count). The monoisotopic (exact) mass is 324 g/mol. The number of hydrogen-bond acceptors (Lipinski definition) is 5. The molecule has 2 aromatic rings. The average molecular weight is 324 g/mol. The van der Waals surface area contributed by atoms with Gasteiger partial charge in [0, 0.05) is 44.8 Å². The number of amides is 1. The van der Waals surface area contributed by atoms with Crippen LogP contribution >= 0.6 is 0 Å². The number of pyridine rings is 1. The van der Waals surface area contributed by atoms with Crippen LogP contribution in [0.2, 0.25) is 0 Å². The summed E-state index contributed by atoms with van der Waals surface area (Å²) in [6.07, 6.45) is 5.84. The number of aromatic nitrogens is 3. The minimum atomic E-state index is -0.236. The van der Waals surface area contributed by atoms with E-state index in [0.717, 1.165) is 25.3 Å². The van der Waals surface area contributed by atoms with Gasteiger partial charge >= 0.3 is 0 Å². The van der Waals surface area contributed by atoms with Crippen molar-refractivity contribution in [2.45, 2.75) is 19.4 Å². The summed E-state index contributed by atoms with van der Waals surface area (Å²) in [5.74, 6) is 0.967. The van der Waals surface area contributed by atoms with Crippen molar-refractivity contribution >= 4 is 11.7 Å². The van der Waals surface area contributed by atoms with E-state index in [4.69, 9.17) is 5.26 Å². The van der Waals surface area contributed by atoms with Gasteiger partial charge in [0.2, 0.25) is 5.91 Å². The van der Waals surface area contributed by atoms with E-state index in [1.165, 1.54) is 0 Å². The number of nitrogens with zero attached hydrogens (tertiary/aromatic N) is 6. The maximum Gasteiger partial charge on any atom is 0.247 e. The van der Waals surface area contributed by atoms with Crippen LogP contribution in [0.3, 0.4) is 0 Å². The fourth-order valence-electron chi connectivity index (χ4n) is 2.95. The summed E-state index contributed by atoms with van der Waals surface area (Å²) in [6.45, 7) is 4.80. The Balaban J connectivity index is 1.61.